The van der Waals surface area contributed by atoms with E-state index < -0.39 is 30.0 Å². The normalized spacial score (nSPS) is 11.5. The summed E-state index contributed by atoms with van der Waals surface area (Å²) in [5.41, 5.74) is 1.43. The average Bonchev–Trinajstić information content (AvgIpc) is 3.00. The number of ether oxygens (including phenoxy) is 2. The molecule has 160 valence electrons. The summed E-state index contributed by atoms with van der Waals surface area (Å²) >= 11 is 0. The number of aromatic nitrogens is 1. The molecule has 3 amide bonds. The first-order valence-electron chi connectivity index (χ1n) is 9.34. The Morgan fingerprint density at radius 3 is 2.17 bits per heavy atom. The largest absolute Gasteiger partial charge is 0.459 e. The highest BCUT2D eigenvalue weighted by Crippen LogP contribution is 2.24. The zero-order chi connectivity index (χ0) is 22.4. The highest BCUT2D eigenvalue weighted by molar-refractivity contribution is 6.01. The lowest BCUT2D eigenvalue weighted by atomic mass is 10.1. The number of carbonyl (C=O) groups excluding carboxylic acids is 4. The summed E-state index contributed by atoms with van der Waals surface area (Å²) < 4.78 is 10.6. The molecule has 0 spiro atoms. The van der Waals surface area contributed by atoms with E-state index in [4.69, 9.17) is 9.47 Å². The number of esters is 2. The third-order valence-corrected chi connectivity index (χ3v) is 4.22. The van der Waals surface area contributed by atoms with Gasteiger partial charge in [-0.3, -0.25) is 10.1 Å². The number of aryl methyl sites for hydroxylation is 1. The van der Waals surface area contributed by atoms with Crippen LogP contribution in [-0.4, -0.2) is 42.0 Å². The predicted molar refractivity (Wildman–Crippen MR) is 108 cm³/mol. The van der Waals surface area contributed by atoms with Crippen molar-refractivity contribution in [2.24, 2.45) is 0 Å². The zero-order valence-electron chi connectivity index (χ0n) is 17.5. The highest BCUT2D eigenvalue weighted by atomic mass is 16.6. The molecule has 1 atom stereocenters. The Bertz CT molecular complexity index is 949. The molecule has 0 aliphatic heterocycles. The molecule has 0 fully saturated rings. The SMILES string of the molecule is CNC(=O)NC(=O)[C@@H](OC(=O)c1[nH]c(C)c(C(=O)OC(C)C)c1C)c1ccccc1. The van der Waals surface area contributed by atoms with Gasteiger partial charge in [-0.1, -0.05) is 30.3 Å². The zero-order valence-corrected chi connectivity index (χ0v) is 17.5. The van der Waals surface area contributed by atoms with Crippen LogP contribution in [0.5, 0.6) is 0 Å². The minimum Gasteiger partial charge on any atom is -0.459 e. The van der Waals surface area contributed by atoms with E-state index in [0.717, 1.165) is 0 Å². The third kappa shape index (κ3) is 5.25. The first-order valence-corrected chi connectivity index (χ1v) is 9.34. The van der Waals surface area contributed by atoms with Crippen molar-refractivity contribution in [3.05, 3.63) is 58.4 Å². The number of hydrogen-bond donors (Lipinski definition) is 3. The third-order valence-electron chi connectivity index (χ3n) is 4.22. The molecule has 2 rings (SSSR count). The number of amides is 3. The molecule has 0 radical (unpaired) electrons. The molecule has 0 saturated carbocycles. The van der Waals surface area contributed by atoms with Crippen molar-refractivity contribution < 1.29 is 28.7 Å². The van der Waals surface area contributed by atoms with Gasteiger partial charge in [-0.15, -0.1) is 0 Å². The summed E-state index contributed by atoms with van der Waals surface area (Å²) in [5.74, 6) is -2.22. The second-order valence-corrected chi connectivity index (χ2v) is 6.84. The number of urea groups is 1. The topological polar surface area (TPSA) is 127 Å². The van der Waals surface area contributed by atoms with Gasteiger partial charge in [-0.2, -0.15) is 0 Å². The molecule has 0 aliphatic rings. The van der Waals surface area contributed by atoms with E-state index in [-0.39, 0.29) is 17.4 Å². The van der Waals surface area contributed by atoms with Crippen molar-refractivity contribution >= 4 is 23.9 Å². The molecule has 1 aromatic heterocycles. The lowest BCUT2D eigenvalue weighted by molar-refractivity contribution is -0.129. The maximum Gasteiger partial charge on any atom is 0.356 e. The van der Waals surface area contributed by atoms with Crippen molar-refractivity contribution in [2.75, 3.05) is 7.05 Å². The number of carbonyl (C=O) groups is 4. The van der Waals surface area contributed by atoms with Gasteiger partial charge >= 0.3 is 18.0 Å². The van der Waals surface area contributed by atoms with Crippen molar-refractivity contribution in [2.45, 2.75) is 39.9 Å². The summed E-state index contributed by atoms with van der Waals surface area (Å²) in [6.07, 6.45) is -1.69. The van der Waals surface area contributed by atoms with Crippen LogP contribution in [0.1, 0.15) is 57.6 Å². The lowest BCUT2D eigenvalue weighted by Crippen LogP contribution is -2.41. The molecule has 9 nitrogen and oxygen atoms in total. The molecule has 0 aliphatic carbocycles. The highest BCUT2D eigenvalue weighted by Gasteiger charge is 2.30. The Morgan fingerprint density at radius 1 is 0.967 bits per heavy atom. The second-order valence-electron chi connectivity index (χ2n) is 6.84. The van der Waals surface area contributed by atoms with E-state index in [9.17, 15) is 19.2 Å². The van der Waals surface area contributed by atoms with E-state index in [2.05, 4.69) is 15.6 Å². The maximum atomic E-state index is 12.8. The van der Waals surface area contributed by atoms with E-state index in [1.165, 1.54) is 7.05 Å². The number of imide groups is 1. The summed E-state index contributed by atoms with van der Waals surface area (Å²) in [6, 6.07) is 7.55. The average molecular weight is 415 g/mol. The van der Waals surface area contributed by atoms with Crippen LogP contribution in [0.3, 0.4) is 0 Å². The Labute approximate surface area is 174 Å². The predicted octanol–water partition coefficient (Wildman–Crippen LogP) is 2.55. The van der Waals surface area contributed by atoms with Crippen molar-refractivity contribution in [1.29, 1.82) is 0 Å². The standard InChI is InChI=1S/C21H25N3O6/c1-11(2)29-19(26)15-12(3)16(23-13(15)4)20(27)30-17(14-9-7-6-8-10-14)18(25)24-21(28)22-5/h6-11,17,23H,1-5H3,(H2,22,24,25,28)/t17-/m0/s1. The second kappa shape index (κ2) is 9.73. The van der Waals surface area contributed by atoms with E-state index >= 15 is 0 Å². The Morgan fingerprint density at radius 2 is 1.60 bits per heavy atom. The fourth-order valence-corrected chi connectivity index (χ4v) is 2.84. The van der Waals surface area contributed by atoms with Crippen LogP contribution in [0.15, 0.2) is 30.3 Å². The fourth-order valence-electron chi connectivity index (χ4n) is 2.84. The number of hydrogen-bond acceptors (Lipinski definition) is 6. The van der Waals surface area contributed by atoms with Gasteiger partial charge in [0.05, 0.1) is 11.7 Å². The van der Waals surface area contributed by atoms with Crippen molar-refractivity contribution in [3.63, 3.8) is 0 Å². The molecular formula is C21H25N3O6. The monoisotopic (exact) mass is 415 g/mol. The molecule has 3 N–H and O–H groups in total. The Kier molecular flexibility index (Phi) is 7.35. The number of nitrogens with one attached hydrogen (secondary N) is 3. The molecule has 0 unspecified atom stereocenters. The van der Waals surface area contributed by atoms with Gasteiger partial charge in [0.15, 0.2) is 0 Å². The molecule has 0 bridgehead atoms. The fraction of sp³-hybridized carbons (Fsp3) is 0.333. The van der Waals surface area contributed by atoms with Gasteiger partial charge in [0, 0.05) is 18.3 Å². The first kappa shape index (κ1) is 22.7. The van der Waals surface area contributed by atoms with Crippen molar-refractivity contribution in [1.82, 2.24) is 15.6 Å². The smallest absolute Gasteiger partial charge is 0.356 e. The number of rotatable bonds is 6. The summed E-state index contributed by atoms with van der Waals surface area (Å²) in [4.78, 5) is 52.1. The van der Waals surface area contributed by atoms with E-state index in [0.29, 0.717) is 16.8 Å². The first-order chi connectivity index (χ1) is 14.1. The van der Waals surface area contributed by atoms with Crippen LogP contribution in [-0.2, 0) is 14.3 Å². The van der Waals surface area contributed by atoms with Gasteiger partial charge in [0.25, 0.3) is 5.91 Å². The van der Waals surface area contributed by atoms with Crippen molar-refractivity contribution in [3.8, 4) is 0 Å². The van der Waals surface area contributed by atoms with E-state index in [1.807, 2.05) is 0 Å². The van der Waals surface area contributed by atoms with Gasteiger partial charge < -0.3 is 19.8 Å². The molecule has 30 heavy (non-hydrogen) atoms. The van der Waals surface area contributed by atoms with Gasteiger partial charge in [0.1, 0.15) is 5.69 Å². The number of benzene rings is 1. The summed E-state index contributed by atoms with van der Waals surface area (Å²) in [7, 11) is 1.36. The molecule has 2 aromatic rings. The van der Waals surface area contributed by atoms with Crippen LogP contribution < -0.4 is 10.6 Å². The van der Waals surface area contributed by atoms with Crippen LogP contribution >= 0.6 is 0 Å². The van der Waals surface area contributed by atoms with Crippen LogP contribution in [0.4, 0.5) is 4.79 Å². The molecule has 0 saturated heterocycles. The van der Waals surface area contributed by atoms with Gasteiger partial charge in [-0.25, -0.2) is 14.4 Å². The molecule has 1 aromatic carbocycles. The minimum atomic E-state index is -1.37. The van der Waals surface area contributed by atoms with Crippen LogP contribution in [0, 0.1) is 13.8 Å². The van der Waals surface area contributed by atoms with Crippen LogP contribution in [0.2, 0.25) is 0 Å². The quantitative estimate of drug-likeness (QED) is 0.623. The number of aromatic amines is 1. The van der Waals surface area contributed by atoms with Gasteiger partial charge in [-0.05, 0) is 33.3 Å². The molecule has 1 heterocycles. The Hall–Kier alpha value is -3.62. The summed E-state index contributed by atoms with van der Waals surface area (Å²) in [6.45, 7) is 6.66. The Balaban J connectivity index is 2.33. The maximum absolute atomic E-state index is 12.8. The van der Waals surface area contributed by atoms with Gasteiger partial charge in [0.2, 0.25) is 6.10 Å². The number of H-pyrrole nitrogens is 1. The molecular weight excluding hydrogens is 390 g/mol. The lowest BCUT2D eigenvalue weighted by Gasteiger charge is -2.17. The molecule has 9 heteroatoms. The minimum absolute atomic E-state index is 0.0249. The van der Waals surface area contributed by atoms with E-state index in [1.54, 1.807) is 58.0 Å². The summed E-state index contributed by atoms with van der Waals surface area (Å²) in [5, 5.41) is 4.37. The van der Waals surface area contributed by atoms with Crippen LogP contribution in [0.25, 0.3) is 0 Å².